The second-order valence-corrected chi connectivity index (χ2v) is 5.86. The van der Waals surface area contributed by atoms with Crippen molar-refractivity contribution in [2.45, 2.75) is 44.9 Å². The van der Waals surface area contributed by atoms with Gasteiger partial charge >= 0.3 is 0 Å². The molecule has 2 aromatic carbocycles. The number of aldehydes is 1. The zero-order valence-corrected chi connectivity index (χ0v) is 13.5. The molecular weight excluding hydrogens is 282 g/mol. The van der Waals surface area contributed by atoms with Crippen molar-refractivity contribution in [1.29, 1.82) is 5.26 Å². The molecule has 2 rings (SSSR count). The molecule has 0 amide bonds. The lowest BCUT2D eigenvalue weighted by Gasteiger charge is -2.05. The highest BCUT2D eigenvalue weighted by atomic mass is 16.1. The van der Waals surface area contributed by atoms with Gasteiger partial charge in [-0.1, -0.05) is 55.7 Å². The van der Waals surface area contributed by atoms with E-state index in [0.29, 0.717) is 12.0 Å². The molecule has 0 heterocycles. The summed E-state index contributed by atoms with van der Waals surface area (Å²) in [5.41, 5.74) is 4.40. The molecule has 0 spiro atoms. The van der Waals surface area contributed by atoms with E-state index in [-0.39, 0.29) is 0 Å². The van der Waals surface area contributed by atoms with E-state index < -0.39 is 0 Å². The molecule has 2 aromatic rings. The second kappa shape index (κ2) is 9.58. The van der Waals surface area contributed by atoms with Gasteiger partial charge < -0.3 is 4.79 Å². The lowest BCUT2D eigenvalue weighted by Crippen LogP contribution is -1.87. The van der Waals surface area contributed by atoms with E-state index in [0.717, 1.165) is 31.1 Å². The van der Waals surface area contributed by atoms with Crippen molar-refractivity contribution in [2.75, 3.05) is 0 Å². The Labute approximate surface area is 138 Å². The van der Waals surface area contributed by atoms with Gasteiger partial charge in [0.15, 0.2) is 0 Å². The van der Waals surface area contributed by atoms with Gasteiger partial charge in [-0.25, -0.2) is 0 Å². The standard InChI is InChI=1S/C21H23NO/c22-17-19-10-14-21(15-11-19)20-12-8-18(9-13-20)7-5-3-1-2-4-6-16-23/h8-16H,1-7H2. The molecule has 0 atom stereocenters. The summed E-state index contributed by atoms with van der Waals surface area (Å²) in [4.78, 5) is 10.2. The van der Waals surface area contributed by atoms with Crippen LogP contribution in [-0.2, 0) is 11.2 Å². The van der Waals surface area contributed by atoms with E-state index in [2.05, 4.69) is 30.3 Å². The highest BCUT2D eigenvalue weighted by Crippen LogP contribution is 2.21. The summed E-state index contributed by atoms with van der Waals surface area (Å²) in [5.74, 6) is 0. The SMILES string of the molecule is N#Cc1ccc(-c2ccc(CCCCCCCC=O)cc2)cc1. The fraction of sp³-hybridized carbons (Fsp3) is 0.333. The molecule has 118 valence electrons. The number of benzene rings is 2. The molecule has 0 fully saturated rings. The lowest BCUT2D eigenvalue weighted by atomic mass is 10.00. The maximum absolute atomic E-state index is 10.2. The first-order valence-electron chi connectivity index (χ1n) is 8.36. The number of carbonyl (C=O) groups is 1. The van der Waals surface area contributed by atoms with Crippen LogP contribution in [0.25, 0.3) is 11.1 Å². The molecule has 2 heteroatoms. The van der Waals surface area contributed by atoms with Crippen molar-refractivity contribution in [3.8, 4) is 17.2 Å². The quantitative estimate of drug-likeness (QED) is 0.465. The normalized spacial score (nSPS) is 10.2. The topological polar surface area (TPSA) is 40.9 Å². The second-order valence-electron chi connectivity index (χ2n) is 5.86. The molecule has 23 heavy (non-hydrogen) atoms. The maximum atomic E-state index is 10.2. The van der Waals surface area contributed by atoms with Gasteiger partial charge in [0, 0.05) is 6.42 Å². The molecule has 0 aromatic heterocycles. The van der Waals surface area contributed by atoms with Crippen LogP contribution in [0.5, 0.6) is 0 Å². The van der Waals surface area contributed by atoms with Crippen LogP contribution in [-0.4, -0.2) is 6.29 Å². The summed E-state index contributed by atoms with van der Waals surface area (Å²) in [6.45, 7) is 0. The van der Waals surface area contributed by atoms with Crippen molar-refractivity contribution in [2.24, 2.45) is 0 Å². The summed E-state index contributed by atoms with van der Waals surface area (Å²) >= 11 is 0. The fourth-order valence-corrected chi connectivity index (χ4v) is 2.69. The molecule has 0 N–H and O–H groups in total. The van der Waals surface area contributed by atoms with E-state index in [1.54, 1.807) is 0 Å². The number of aryl methyl sites for hydroxylation is 1. The first kappa shape index (κ1) is 17.0. The molecule has 2 nitrogen and oxygen atoms in total. The predicted molar refractivity (Wildman–Crippen MR) is 94.1 cm³/mol. The van der Waals surface area contributed by atoms with E-state index in [4.69, 9.17) is 5.26 Å². The maximum Gasteiger partial charge on any atom is 0.119 e. The first-order chi connectivity index (χ1) is 11.3. The zero-order valence-electron chi connectivity index (χ0n) is 13.5. The summed E-state index contributed by atoms with van der Waals surface area (Å²) in [6.07, 6.45) is 8.68. The number of rotatable bonds is 9. The van der Waals surface area contributed by atoms with Gasteiger partial charge in [0.2, 0.25) is 0 Å². The van der Waals surface area contributed by atoms with Crippen molar-refractivity contribution in [1.82, 2.24) is 0 Å². The van der Waals surface area contributed by atoms with Crippen LogP contribution in [0.15, 0.2) is 48.5 Å². The van der Waals surface area contributed by atoms with Crippen molar-refractivity contribution < 1.29 is 4.79 Å². The minimum absolute atomic E-state index is 0.693. The number of hydrogen-bond donors (Lipinski definition) is 0. The number of nitriles is 1. The third-order valence-electron chi connectivity index (χ3n) is 4.09. The molecule has 0 radical (unpaired) electrons. The average Bonchev–Trinajstić information content (AvgIpc) is 2.61. The molecule has 0 aliphatic rings. The average molecular weight is 305 g/mol. The Kier molecular flexibility index (Phi) is 7.07. The van der Waals surface area contributed by atoms with Crippen LogP contribution in [0.1, 0.15) is 49.7 Å². The third-order valence-corrected chi connectivity index (χ3v) is 4.09. The number of carbonyl (C=O) groups excluding carboxylic acids is 1. The highest BCUT2D eigenvalue weighted by molar-refractivity contribution is 5.64. The lowest BCUT2D eigenvalue weighted by molar-refractivity contribution is -0.107. The highest BCUT2D eigenvalue weighted by Gasteiger charge is 1.99. The summed E-state index contributed by atoms with van der Waals surface area (Å²) in [6, 6.07) is 18.5. The first-order valence-corrected chi connectivity index (χ1v) is 8.36. The summed E-state index contributed by atoms with van der Waals surface area (Å²) in [5, 5.41) is 8.83. The monoisotopic (exact) mass is 305 g/mol. The Morgan fingerprint density at radius 2 is 1.35 bits per heavy atom. The Bertz CT molecular complexity index is 635. The van der Waals surface area contributed by atoms with Crippen molar-refractivity contribution >= 4 is 6.29 Å². The van der Waals surface area contributed by atoms with Crippen LogP contribution in [0.3, 0.4) is 0 Å². The van der Waals surface area contributed by atoms with Gasteiger partial charge in [-0.3, -0.25) is 0 Å². The van der Waals surface area contributed by atoms with Gasteiger partial charge in [-0.05, 0) is 48.1 Å². The Hall–Kier alpha value is -2.40. The van der Waals surface area contributed by atoms with E-state index >= 15 is 0 Å². The van der Waals surface area contributed by atoms with E-state index in [1.807, 2.05) is 24.3 Å². The Morgan fingerprint density at radius 3 is 1.96 bits per heavy atom. The smallest absolute Gasteiger partial charge is 0.119 e. The van der Waals surface area contributed by atoms with Crippen molar-refractivity contribution in [3.63, 3.8) is 0 Å². The molecule has 0 saturated carbocycles. The van der Waals surface area contributed by atoms with Gasteiger partial charge in [-0.2, -0.15) is 5.26 Å². The van der Waals surface area contributed by atoms with E-state index in [1.165, 1.54) is 30.4 Å². The van der Waals surface area contributed by atoms with Crippen LogP contribution >= 0.6 is 0 Å². The molecule has 0 aliphatic carbocycles. The zero-order chi connectivity index (χ0) is 16.3. The number of unbranched alkanes of at least 4 members (excludes halogenated alkanes) is 5. The van der Waals surface area contributed by atoms with Crippen LogP contribution in [0.4, 0.5) is 0 Å². The fourth-order valence-electron chi connectivity index (χ4n) is 2.69. The minimum atomic E-state index is 0.693. The van der Waals surface area contributed by atoms with Gasteiger partial charge in [0.1, 0.15) is 6.29 Å². The summed E-state index contributed by atoms with van der Waals surface area (Å²) < 4.78 is 0. The molecule has 0 bridgehead atoms. The van der Waals surface area contributed by atoms with Crippen LogP contribution in [0.2, 0.25) is 0 Å². The van der Waals surface area contributed by atoms with Crippen LogP contribution < -0.4 is 0 Å². The number of hydrogen-bond acceptors (Lipinski definition) is 2. The molecule has 0 aliphatic heterocycles. The van der Waals surface area contributed by atoms with Crippen LogP contribution in [0, 0.1) is 11.3 Å². The van der Waals surface area contributed by atoms with Gasteiger partial charge in [-0.15, -0.1) is 0 Å². The molecule has 0 saturated heterocycles. The van der Waals surface area contributed by atoms with E-state index in [9.17, 15) is 4.79 Å². The number of nitrogens with zero attached hydrogens (tertiary/aromatic N) is 1. The minimum Gasteiger partial charge on any atom is -0.303 e. The molecule has 0 unspecified atom stereocenters. The third kappa shape index (κ3) is 5.71. The van der Waals surface area contributed by atoms with Gasteiger partial charge in [0.05, 0.1) is 11.6 Å². The largest absolute Gasteiger partial charge is 0.303 e. The van der Waals surface area contributed by atoms with Gasteiger partial charge in [0.25, 0.3) is 0 Å². The predicted octanol–water partition coefficient (Wildman–Crippen LogP) is 5.31. The van der Waals surface area contributed by atoms with Crippen molar-refractivity contribution in [3.05, 3.63) is 59.7 Å². The Balaban J connectivity index is 1.78. The summed E-state index contributed by atoms with van der Waals surface area (Å²) in [7, 11) is 0. The Morgan fingerprint density at radius 1 is 0.783 bits per heavy atom. The molecular formula is C21H23NO.